The van der Waals surface area contributed by atoms with Crippen LogP contribution in [0.15, 0.2) is 42.0 Å². The van der Waals surface area contributed by atoms with Gasteiger partial charge in [0.2, 0.25) is 5.13 Å². The minimum atomic E-state index is -1.04. The molecule has 0 atom stereocenters. The topological polar surface area (TPSA) is 85.8 Å². The van der Waals surface area contributed by atoms with Crippen molar-refractivity contribution >= 4 is 28.2 Å². The molecule has 0 saturated heterocycles. The van der Waals surface area contributed by atoms with Crippen LogP contribution in [0, 0.1) is 0 Å². The van der Waals surface area contributed by atoms with E-state index in [1.807, 2.05) is 37.5 Å². The SMILES string of the molecule is Cn1cc(-c2nn(-c3nc(C(=O)O)cs3)c3ccccc23)cn1. The van der Waals surface area contributed by atoms with Gasteiger partial charge in [-0.3, -0.25) is 4.68 Å². The number of fused-ring (bicyclic) bond motifs is 1. The van der Waals surface area contributed by atoms with Crippen LogP contribution in [0.1, 0.15) is 10.5 Å². The Morgan fingerprint density at radius 2 is 2.13 bits per heavy atom. The Hall–Kier alpha value is -3.00. The minimum Gasteiger partial charge on any atom is -0.476 e. The number of para-hydroxylation sites is 1. The average molecular weight is 325 g/mol. The number of rotatable bonds is 3. The van der Waals surface area contributed by atoms with E-state index in [1.54, 1.807) is 15.6 Å². The fourth-order valence-corrected chi connectivity index (χ4v) is 3.19. The molecule has 1 N–H and O–H groups in total. The van der Waals surface area contributed by atoms with Gasteiger partial charge in [-0.2, -0.15) is 10.2 Å². The predicted molar refractivity (Wildman–Crippen MR) is 85.9 cm³/mol. The molecule has 0 radical (unpaired) electrons. The molecular weight excluding hydrogens is 314 g/mol. The Balaban J connectivity index is 1.95. The second-order valence-corrected chi connectivity index (χ2v) is 5.84. The highest BCUT2D eigenvalue weighted by Crippen LogP contribution is 2.30. The maximum Gasteiger partial charge on any atom is 0.355 e. The van der Waals surface area contributed by atoms with Gasteiger partial charge < -0.3 is 5.11 Å². The van der Waals surface area contributed by atoms with Gasteiger partial charge in [-0.05, 0) is 6.07 Å². The third-order valence-electron chi connectivity index (χ3n) is 3.46. The minimum absolute atomic E-state index is 0.0208. The van der Waals surface area contributed by atoms with Gasteiger partial charge in [0.05, 0.1) is 11.7 Å². The summed E-state index contributed by atoms with van der Waals surface area (Å²) in [5.41, 5.74) is 2.59. The van der Waals surface area contributed by atoms with Crippen LogP contribution >= 0.6 is 11.3 Å². The predicted octanol–water partition coefficient (Wildman–Crippen LogP) is 2.58. The molecule has 0 spiro atoms. The summed E-state index contributed by atoms with van der Waals surface area (Å²) >= 11 is 1.25. The zero-order chi connectivity index (χ0) is 16.0. The molecule has 0 aliphatic rings. The van der Waals surface area contributed by atoms with E-state index in [-0.39, 0.29) is 5.69 Å². The number of hydrogen-bond donors (Lipinski definition) is 1. The van der Waals surface area contributed by atoms with E-state index in [4.69, 9.17) is 5.11 Å². The molecule has 7 nitrogen and oxygen atoms in total. The number of carboxylic acids is 1. The van der Waals surface area contributed by atoms with Gasteiger partial charge in [-0.25, -0.2) is 14.5 Å². The standard InChI is InChI=1S/C15H11N5O2S/c1-19-7-9(6-16-19)13-10-4-2-3-5-12(10)20(18-13)15-17-11(8-23-15)14(21)22/h2-8H,1H3,(H,21,22). The first kappa shape index (κ1) is 13.6. The van der Waals surface area contributed by atoms with Crippen molar-refractivity contribution in [2.24, 2.45) is 7.05 Å². The Kier molecular flexibility index (Phi) is 2.98. The Morgan fingerprint density at radius 1 is 1.30 bits per heavy atom. The first-order valence-corrected chi connectivity index (χ1v) is 7.67. The zero-order valence-corrected chi connectivity index (χ0v) is 12.9. The van der Waals surface area contributed by atoms with Crippen LogP contribution in [0.5, 0.6) is 0 Å². The molecule has 0 fully saturated rings. The molecule has 4 rings (SSSR count). The molecule has 0 aliphatic heterocycles. The number of aromatic nitrogens is 5. The van der Waals surface area contributed by atoms with Crippen molar-refractivity contribution in [3.8, 4) is 16.4 Å². The van der Waals surface area contributed by atoms with Crippen LogP contribution in [0.4, 0.5) is 0 Å². The van der Waals surface area contributed by atoms with Crippen molar-refractivity contribution in [1.82, 2.24) is 24.5 Å². The number of nitrogens with zero attached hydrogens (tertiary/aromatic N) is 5. The molecule has 114 valence electrons. The molecule has 4 aromatic rings. The summed E-state index contributed by atoms with van der Waals surface area (Å²) in [6.45, 7) is 0. The zero-order valence-electron chi connectivity index (χ0n) is 12.0. The second-order valence-electron chi connectivity index (χ2n) is 5.00. The quantitative estimate of drug-likeness (QED) is 0.625. The maximum absolute atomic E-state index is 11.0. The van der Waals surface area contributed by atoms with Crippen molar-refractivity contribution in [3.05, 3.63) is 47.7 Å². The second kappa shape index (κ2) is 5.03. The molecule has 3 heterocycles. The van der Waals surface area contributed by atoms with Crippen molar-refractivity contribution in [2.75, 3.05) is 0 Å². The fraction of sp³-hybridized carbons (Fsp3) is 0.0667. The van der Waals surface area contributed by atoms with Crippen LogP contribution in [0.25, 0.3) is 27.3 Å². The lowest BCUT2D eigenvalue weighted by molar-refractivity contribution is 0.0691. The molecular formula is C15H11N5O2S. The van der Waals surface area contributed by atoms with Gasteiger partial charge in [-0.1, -0.05) is 18.2 Å². The van der Waals surface area contributed by atoms with Crippen LogP contribution in [0.2, 0.25) is 0 Å². The largest absolute Gasteiger partial charge is 0.476 e. The third-order valence-corrected chi connectivity index (χ3v) is 4.27. The molecule has 0 bridgehead atoms. The molecule has 0 aliphatic carbocycles. The summed E-state index contributed by atoms with van der Waals surface area (Å²) in [6, 6.07) is 7.77. The average Bonchev–Trinajstić information content (AvgIpc) is 3.23. The number of aromatic carboxylic acids is 1. The number of carboxylic acid groups (broad SMARTS) is 1. The highest BCUT2D eigenvalue weighted by molar-refractivity contribution is 7.12. The van der Waals surface area contributed by atoms with E-state index < -0.39 is 5.97 Å². The maximum atomic E-state index is 11.0. The summed E-state index contributed by atoms with van der Waals surface area (Å²) in [4.78, 5) is 15.2. The molecule has 0 unspecified atom stereocenters. The fourth-order valence-electron chi connectivity index (χ4n) is 2.43. The highest BCUT2D eigenvalue weighted by Gasteiger charge is 2.17. The summed E-state index contributed by atoms with van der Waals surface area (Å²) in [6.07, 6.45) is 3.65. The number of carbonyl (C=O) groups is 1. The monoisotopic (exact) mass is 325 g/mol. The van der Waals surface area contributed by atoms with Gasteiger partial charge in [0, 0.05) is 29.6 Å². The van der Waals surface area contributed by atoms with E-state index >= 15 is 0 Å². The Bertz CT molecular complexity index is 1030. The summed E-state index contributed by atoms with van der Waals surface area (Å²) in [5.74, 6) is -1.04. The van der Waals surface area contributed by atoms with E-state index in [9.17, 15) is 4.79 Å². The first-order chi connectivity index (χ1) is 11.1. The van der Waals surface area contributed by atoms with E-state index in [0.29, 0.717) is 5.13 Å². The van der Waals surface area contributed by atoms with Gasteiger partial charge in [0.15, 0.2) is 5.69 Å². The molecule has 0 saturated carbocycles. The summed E-state index contributed by atoms with van der Waals surface area (Å²) < 4.78 is 3.39. The van der Waals surface area contributed by atoms with Crippen LogP contribution in [-0.2, 0) is 7.05 Å². The molecule has 8 heteroatoms. The third kappa shape index (κ3) is 2.20. The van der Waals surface area contributed by atoms with Gasteiger partial charge in [0.1, 0.15) is 5.69 Å². The van der Waals surface area contributed by atoms with E-state index in [0.717, 1.165) is 22.2 Å². The van der Waals surface area contributed by atoms with Crippen LogP contribution < -0.4 is 0 Å². The lowest BCUT2D eigenvalue weighted by Crippen LogP contribution is -2.00. The van der Waals surface area contributed by atoms with Crippen LogP contribution in [0.3, 0.4) is 0 Å². The number of benzene rings is 1. The molecule has 23 heavy (non-hydrogen) atoms. The van der Waals surface area contributed by atoms with Crippen molar-refractivity contribution < 1.29 is 9.90 Å². The van der Waals surface area contributed by atoms with Crippen molar-refractivity contribution in [2.45, 2.75) is 0 Å². The number of thiazole rings is 1. The highest BCUT2D eigenvalue weighted by atomic mass is 32.1. The van der Waals surface area contributed by atoms with Crippen molar-refractivity contribution in [3.63, 3.8) is 0 Å². The van der Waals surface area contributed by atoms with Gasteiger partial charge >= 0.3 is 5.97 Å². The smallest absolute Gasteiger partial charge is 0.355 e. The lowest BCUT2D eigenvalue weighted by Gasteiger charge is -1.96. The van der Waals surface area contributed by atoms with Crippen molar-refractivity contribution in [1.29, 1.82) is 0 Å². The summed E-state index contributed by atoms with van der Waals surface area (Å²) in [7, 11) is 1.85. The number of aryl methyl sites for hydroxylation is 1. The molecule has 3 aromatic heterocycles. The van der Waals surface area contributed by atoms with E-state index in [2.05, 4.69) is 15.2 Å². The molecule has 0 amide bonds. The Labute approximate surface area is 134 Å². The van der Waals surface area contributed by atoms with Gasteiger partial charge in [-0.15, -0.1) is 11.3 Å². The summed E-state index contributed by atoms with van der Waals surface area (Å²) in [5, 5.41) is 20.9. The first-order valence-electron chi connectivity index (χ1n) is 6.79. The Morgan fingerprint density at radius 3 is 2.83 bits per heavy atom. The van der Waals surface area contributed by atoms with E-state index in [1.165, 1.54) is 16.7 Å². The van der Waals surface area contributed by atoms with Gasteiger partial charge in [0.25, 0.3) is 0 Å². The molecule has 1 aromatic carbocycles. The van der Waals surface area contributed by atoms with Crippen LogP contribution in [-0.4, -0.2) is 35.6 Å². The number of hydrogen-bond acceptors (Lipinski definition) is 5. The lowest BCUT2D eigenvalue weighted by atomic mass is 10.1. The normalized spacial score (nSPS) is 11.2.